The average Bonchev–Trinajstić information content (AvgIpc) is 2.38. The van der Waals surface area contributed by atoms with Gasteiger partial charge in [0.05, 0.1) is 6.61 Å². The molecule has 106 valence electrons. The predicted molar refractivity (Wildman–Crippen MR) is 76.8 cm³/mol. The lowest BCUT2D eigenvalue weighted by atomic mass is 10.4. The van der Waals surface area contributed by atoms with Gasteiger partial charge in [-0.15, -0.1) is 8.39 Å². The summed E-state index contributed by atoms with van der Waals surface area (Å²) < 4.78 is 43.4. The van der Waals surface area contributed by atoms with Crippen LogP contribution in [0.2, 0.25) is 0 Å². The maximum Gasteiger partial charge on any atom is 0.419 e. The lowest BCUT2D eigenvalue weighted by molar-refractivity contribution is 0.245. The van der Waals surface area contributed by atoms with Gasteiger partial charge in [-0.25, -0.2) is 4.52 Å². The van der Waals surface area contributed by atoms with E-state index in [4.69, 9.17) is 9.63 Å². The molecule has 19 heavy (non-hydrogen) atoms. The zero-order valence-corrected chi connectivity index (χ0v) is 12.8. The van der Waals surface area contributed by atoms with Crippen LogP contribution >= 0.6 is 23.8 Å². The summed E-state index contributed by atoms with van der Waals surface area (Å²) >= 11 is 0. The minimum absolute atomic E-state index is 0.0401. The lowest BCUT2D eigenvalue weighted by Crippen LogP contribution is -1.94. The predicted octanol–water partition coefficient (Wildman–Crippen LogP) is 4.15. The van der Waals surface area contributed by atoms with Gasteiger partial charge in [-0.1, -0.05) is 30.3 Å². The van der Waals surface area contributed by atoms with E-state index in [-0.39, 0.29) is 13.2 Å². The quantitative estimate of drug-likeness (QED) is 0.652. The zero-order valence-electron chi connectivity index (χ0n) is 9.91. The van der Waals surface area contributed by atoms with Crippen molar-refractivity contribution in [2.75, 3.05) is 13.2 Å². The highest BCUT2D eigenvalue weighted by atomic mass is 31.3. The van der Waals surface area contributed by atoms with Crippen molar-refractivity contribution in [3.05, 3.63) is 30.3 Å². The lowest BCUT2D eigenvalue weighted by Gasteiger charge is -2.13. The molecule has 0 aromatic heterocycles. The maximum absolute atomic E-state index is 13.5. The van der Waals surface area contributed by atoms with Crippen molar-refractivity contribution in [2.24, 2.45) is 13.5 Å². The fourth-order valence-corrected chi connectivity index (χ4v) is 7.86. The minimum Gasteiger partial charge on any atom is -0.396 e. The number of benzene rings is 1. The van der Waals surface area contributed by atoms with Gasteiger partial charge in [0.15, 0.2) is 8.09 Å². The van der Waals surface area contributed by atoms with Crippen LogP contribution in [0, 0.1) is 0 Å². The summed E-state index contributed by atoms with van der Waals surface area (Å²) in [7, 11) is -8.84. The highest BCUT2D eigenvalue weighted by Crippen LogP contribution is 2.68. The van der Waals surface area contributed by atoms with Crippen molar-refractivity contribution in [1.82, 2.24) is 0 Å². The maximum atomic E-state index is 13.5. The van der Waals surface area contributed by atoms with Crippen LogP contribution in [-0.2, 0) is 4.52 Å². The molecule has 1 aromatic carbocycles. The molecule has 1 aliphatic heterocycles. The molecular formula is C9H14F2N3O2P3. The Morgan fingerprint density at radius 1 is 1.26 bits per heavy atom. The summed E-state index contributed by atoms with van der Waals surface area (Å²) in [5.41, 5.74) is 0. The van der Waals surface area contributed by atoms with Gasteiger partial charge < -0.3 is 9.63 Å². The van der Waals surface area contributed by atoms with Gasteiger partial charge in [-0.05, 0) is 6.42 Å². The monoisotopic (exact) mass is 327 g/mol. The van der Waals surface area contributed by atoms with Crippen LogP contribution in [0.3, 0.4) is 0 Å². The molecule has 1 N–H and O–H groups in total. The summed E-state index contributed by atoms with van der Waals surface area (Å²) in [4.78, 5) is 0. The largest absolute Gasteiger partial charge is 0.419 e. The third-order valence-electron chi connectivity index (χ3n) is 2.19. The first-order chi connectivity index (χ1) is 9.11. The first-order valence-corrected chi connectivity index (χ1v) is 9.78. The molecule has 0 aliphatic carbocycles. The SMILES string of the molecule is OCCCO[PH]1=NP(F)(F)=N[PH](c2ccccc2)=N1. The Labute approximate surface area is 111 Å². The van der Waals surface area contributed by atoms with E-state index in [1.165, 1.54) is 0 Å². The molecule has 2 rings (SSSR count). The van der Waals surface area contributed by atoms with Crippen LogP contribution < -0.4 is 5.30 Å². The second-order valence-electron chi connectivity index (χ2n) is 3.67. The third-order valence-corrected chi connectivity index (χ3v) is 8.48. The van der Waals surface area contributed by atoms with E-state index < -0.39 is 23.8 Å². The van der Waals surface area contributed by atoms with E-state index in [0.717, 1.165) is 5.30 Å². The molecule has 5 nitrogen and oxygen atoms in total. The summed E-state index contributed by atoms with van der Waals surface area (Å²) in [6.45, 7) is 0.156. The van der Waals surface area contributed by atoms with Gasteiger partial charge in [-0.3, -0.25) is 0 Å². The molecule has 2 unspecified atom stereocenters. The molecule has 0 saturated carbocycles. The first kappa shape index (κ1) is 15.1. The van der Waals surface area contributed by atoms with Crippen molar-refractivity contribution >= 4 is 29.1 Å². The molecular weight excluding hydrogens is 313 g/mol. The molecule has 0 amide bonds. The fraction of sp³-hybridized carbons (Fsp3) is 0.333. The molecule has 1 aliphatic rings. The Bertz CT molecular complexity index is 559. The van der Waals surface area contributed by atoms with Crippen LogP contribution in [0.1, 0.15) is 6.42 Å². The van der Waals surface area contributed by atoms with Crippen LogP contribution in [0.15, 0.2) is 43.9 Å². The van der Waals surface area contributed by atoms with Crippen molar-refractivity contribution in [3.8, 4) is 0 Å². The molecule has 0 bridgehead atoms. The molecule has 0 radical (unpaired) electrons. The molecule has 0 fully saturated rings. The Hall–Kier alpha value is -0.310. The summed E-state index contributed by atoms with van der Waals surface area (Å²) in [5, 5.41) is 9.36. The Balaban J connectivity index is 2.25. The number of aliphatic hydroxyl groups is 1. The molecule has 1 heterocycles. The number of hydrogen-bond donors (Lipinski definition) is 1. The highest BCUT2D eigenvalue weighted by Gasteiger charge is 2.22. The zero-order chi connectivity index (χ0) is 13.7. The van der Waals surface area contributed by atoms with Crippen molar-refractivity contribution in [1.29, 1.82) is 0 Å². The Morgan fingerprint density at radius 2 is 2.00 bits per heavy atom. The van der Waals surface area contributed by atoms with Gasteiger partial charge in [0.1, 0.15) is 7.86 Å². The normalized spacial score (nSPS) is 25.0. The summed E-state index contributed by atoms with van der Waals surface area (Å²) in [6.07, 6.45) is 0.397. The molecule has 1 aromatic rings. The number of rotatable bonds is 5. The van der Waals surface area contributed by atoms with E-state index in [0.29, 0.717) is 6.42 Å². The van der Waals surface area contributed by atoms with E-state index in [9.17, 15) is 8.39 Å². The van der Waals surface area contributed by atoms with Crippen LogP contribution in [0.5, 0.6) is 0 Å². The Morgan fingerprint density at radius 3 is 2.68 bits per heavy atom. The first-order valence-electron chi connectivity index (χ1n) is 5.60. The van der Waals surface area contributed by atoms with Gasteiger partial charge in [0.25, 0.3) is 0 Å². The fourth-order valence-electron chi connectivity index (χ4n) is 1.37. The van der Waals surface area contributed by atoms with Crippen molar-refractivity contribution < 1.29 is 18.0 Å². The summed E-state index contributed by atoms with van der Waals surface area (Å²) in [5.74, 6) is 0. The van der Waals surface area contributed by atoms with E-state index in [1.807, 2.05) is 6.07 Å². The van der Waals surface area contributed by atoms with Crippen LogP contribution in [0.25, 0.3) is 0 Å². The molecule has 0 spiro atoms. The number of hydrogen-bond acceptors (Lipinski definition) is 5. The number of nitrogens with zero attached hydrogens (tertiary/aromatic N) is 3. The van der Waals surface area contributed by atoms with Gasteiger partial charge in [0.2, 0.25) is 0 Å². The smallest absolute Gasteiger partial charge is 0.396 e. The third kappa shape index (κ3) is 4.62. The van der Waals surface area contributed by atoms with Gasteiger partial charge in [0, 0.05) is 11.9 Å². The van der Waals surface area contributed by atoms with Crippen molar-refractivity contribution in [2.45, 2.75) is 6.42 Å². The second kappa shape index (κ2) is 6.92. The molecule has 0 saturated heterocycles. The molecule has 10 heteroatoms. The molecule has 2 atom stereocenters. The van der Waals surface area contributed by atoms with E-state index in [1.54, 1.807) is 24.3 Å². The average molecular weight is 327 g/mol. The van der Waals surface area contributed by atoms with E-state index in [2.05, 4.69) is 13.5 Å². The second-order valence-corrected chi connectivity index (χ2v) is 9.15. The van der Waals surface area contributed by atoms with Crippen LogP contribution in [0.4, 0.5) is 8.39 Å². The number of aliphatic hydroxyl groups excluding tert-OH is 1. The summed E-state index contributed by atoms with van der Waals surface area (Å²) in [6, 6.07) is 8.87. The van der Waals surface area contributed by atoms with Crippen molar-refractivity contribution in [3.63, 3.8) is 0 Å². The Kier molecular flexibility index (Phi) is 5.49. The van der Waals surface area contributed by atoms with Gasteiger partial charge in [-0.2, -0.15) is 9.03 Å². The highest BCUT2D eigenvalue weighted by molar-refractivity contribution is 7.74. The standard InChI is InChI=1S/C9H14F2N3O2P3/c10-19(11)13-17(9-5-2-1-3-6-9)12-18(14-19)16-8-4-7-15/h1-3,5-6,15,17-18H,4,7-8H2. The van der Waals surface area contributed by atoms with Gasteiger partial charge >= 0.3 is 7.83 Å². The van der Waals surface area contributed by atoms with E-state index >= 15 is 0 Å². The minimum atomic E-state index is -4.60. The number of halogens is 2. The topological polar surface area (TPSA) is 66.5 Å². The van der Waals surface area contributed by atoms with Crippen LogP contribution in [-0.4, -0.2) is 18.3 Å².